The van der Waals surface area contributed by atoms with Crippen LogP contribution in [-0.4, -0.2) is 29.5 Å². The lowest BCUT2D eigenvalue weighted by Crippen LogP contribution is -2.52. The van der Waals surface area contributed by atoms with E-state index in [0.717, 1.165) is 10.7 Å². The third-order valence-corrected chi connectivity index (χ3v) is 4.70. The first-order valence-electron chi connectivity index (χ1n) is 7.92. The van der Waals surface area contributed by atoms with Gasteiger partial charge >= 0.3 is 5.97 Å². The molecule has 134 valence electrons. The Hall–Kier alpha value is -2.41. The summed E-state index contributed by atoms with van der Waals surface area (Å²) in [4.78, 5) is 28.7. The lowest BCUT2D eigenvalue weighted by Gasteiger charge is -2.26. The number of ether oxygens (including phenoxy) is 2. The van der Waals surface area contributed by atoms with Crippen molar-refractivity contribution in [2.24, 2.45) is 0 Å². The summed E-state index contributed by atoms with van der Waals surface area (Å²) in [5, 5.41) is 5.65. The van der Waals surface area contributed by atoms with Crippen molar-refractivity contribution in [1.29, 1.82) is 0 Å². The van der Waals surface area contributed by atoms with Gasteiger partial charge in [0.25, 0.3) is 5.91 Å². The van der Waals surface area contributed by atoms with Crippen LogP contribution in [0.25, 0.3) is 0 Å². The van der Waals surface area contributed by atoms with Gasteiger partial charge in [-0.15, -0.1) is 11.3 Å². The topological polar surface area (TPSA) is 77.5 Å². The number of esters is 1. The molecule has 0 aliphatic rings. The van der Waals surface area contributed by atoms with Gasteiger partial charge in [-0.3, -0.25) is 4.79 Å². The molecule has 25 heavy (non-hydrogen) atoms. The third kappa shape index (κ3) is 4.79. The molecule has 0 saturated heterocycles. The summed E-state index contributed by atoms with van der Waals surface area (Å²) in [6.45, 7) is 5.73. The highest BCUT2D eigenvalue weighted by Crippen LogP contribution is 2.18. The van der Waals surface area contributed by atoms with Crippen LogP contribution in [0.5, 0.6) is 5.75 Å². The summed E-state index contributed by atoms with van der Waals surface area (Å²) >= 11 is 1.56. The molecule has 2 aromatic rings. The number of benzene rings is 1. The van der Waals surface area contributed by atoms with Crippen LogP contribution in [0.3, 0.4) is 0 Å². The van der Waals surface area contributed by atoms with Crippen molar-refractivity contribution in [2.45, 2.75) is 39.3 Å². The first-order valence-corrected chi connectivity index (χ1v) is 8.80. The Morgan fingerprint density at radius 2 is 2.12 bits per heavy atom. The SMILES string of the molecule is CC[C@@](C)(NC(=O)c1cccc(OCc2csc(C)n2)c1)C(=O)OC. The fourth-order valence-corrected chi connectivity index (χ4v) is 2.79. The van der Waals surface area contributed by atoms with Gasteiger partial charge in [0.1, 0.15) is 17.9 Å². The predicted molar refractivity (Wildman–Crippen MR) is 95.8 cm³/mol. The van der Waals surface area contributed by atoms with E-state index in [1.807, 2.05) is 19.2 Å². The van der Waals surface area contributed by atoms with Gasteiger partial charge in [0.05, 0.1) is 17.8 Å². The number of nitrogens with one attached hydrogen (secondary N) is 1. The van der Waals surface area contributed by atoms with Crippen LogP contribution in [0.2, 0.25) is 0 Å². The molecule has 2 rings (SSSR count). The number of carbonyl (C=O) groups is 2. The minimum Gasteiger partial charge on any atom is -0.487 e. The molecule has 7 heteroatoms. The molecule has 1 amide bonds. The molecular weight excluding hydrogens is 340 g/mol. The first kappa shape index (κ1) is 18.9. The van der Waals surface area contributed by atoms with Crippen molar-refractivity contribution < 1.29 is 19.1 Å². The van der Waals surface area contributed by atoms with Gasteiger partial charge in [-0.05, 0) is 38.5 Å². The zero-order chi connectivity index (χ0) is 18.4. The number of methoxy groups -OCH3 is 1. The average Bonchev–Trinajstić information content (AvgIpc) is 3.04. The van der Waals surface area contributed by atoms with Gasteiger partial charge in [0.2, 0.25) is 0 Å². The highest BCUT2D eigenvalue weighted by molar-refractivity contribution is 7.09. The van der Waals surface area contributed by atoms with Gasteiger partial charge in [-0.25, -0.2) is 9.78 Å². The van der Waals surface area contributed by atoms with Crippen molar-refractivity contribution >= 4 is 23.2 Å². The molecule has 0 aliphatic carbocycles. The molecule has 6 nitrogen and oxygen atoms in total. The Balaban J connectivity index is 2.06. The van der Waals surface area contributed by atoms with E-state index in [0.29, 0.717) is 24.3 Å². The molecule has 0 spiro atoms. The maximum absolute atomic E-state index is 12.5. The van der Waals surface area contributed by atoms with E-state index >= 15 is 0 Å². The second-order valence-electron chi connectivity index (χ2n) is 5.81. The van der Waals surface area contributed by atoms with E-state index in [9.17, 15) is 9.59 Å². The number of carbonyl (C=O) groups excluding carboxylic acids is 2. The van der Waals surface area contributed by atoms with Crippen molar-refractivity contribution in [1.82, 2.24) is 10.3 Å². The number of hydrogen-bond acceptors (Lipinski definition) is 6. The van der Waals surface area contributed by atoms with Crippen LogP contribution < -0.4 is 10.1 Å². The van der Waals surface area contributed by atoms with E-state index in [2.05, 4.69) is 10.3 Å². The standard InChI is InChI=1S/C18H22N2O4S/c1-5-18(3,17(22)23-4)20-16(21)13-7-6-8-15(9-13)24-10-14-11-25-12(2)19-14/h6-9,11H,5,10H2,1-4H3,(H,20,21)/t18-/m1/s1. The second kappa shape index (κ2) is 8.11. The quantitative estimate of drug-likeness (QED) is 0.766. The number of thiazole rings is 1. The third-order valence-electron chi connectivity index (χ3n) is 3.88. The molecule has 0 radical (unpaired) electrons. The fourth-order valence-electron chi connectivity index (χ4n) is 2.19. The number of rotatable bonds is 7. The largest absolute Gasteiger partial charge is 0.487 e. The van der Waals surface area contributed by atoms with Crippen molar-refractivity contribution in [3.63, 3.8) is 0 Å². The molecule has 0 fully saturated rings. The lowest BCUT2D eigenvalue weighted by atomic mass is 9.98. The van der Waals surface area contributed by atoms with Gasteiger partial charge in [0, 0.05) is 10.9 Å². The van der Waals surface area contributed by atoms with Crippen LogP contribution >= 0.6 is 11.3 Å². The van der Waals surface area contributed by atoms with Crippen molar-refractivity contribution in [3.05, 3.63) is 45.9 Å². The highest BCUT2D eigenvalue weighted by atomic mass is 32.1. The zero-order valence-corrected chi connectivity index (χ0v) is 15.6. The molecule has 0 unspecified atom stereocenters. The molecule has 1 heterocycles. The summed E-state index contributed by atoms with van der Waals surface area (Å²) in [5.74, 6) is -0.270. The molecular formula is C18H22N2O4S. The molecule has 1 N–H and O–H groups in total. The predicted octanol–water partition coefficient (Wildman–Crippen LogP) is 3.10. The maximum Gasteiger partial charge on any atom is 0.331 e. The van der Waals surface area contributed by atoms with Gasteiger partial charge in [-0.2, -0.15) is 0 Å². The minimum absolute atomic E-state index is 0.338. The molecule has 1 atom stereocenters. The number of hydrogen-bond donors (Lipinski definition) is 1. The van der Waals surface area contributed by atoms with Gasteiger partial charge in [-0.1, -0.05) is 13.0 Å². The second-order valence-corrected chi connectivity index (χ2v) is 6.87. The van der Waals surface area contributed by atoms with E-state index in [4.69, 9.17) is 9.47 Å². The van der Waals surface area contributed by atoms with Crippen LogP contribution in [-0.2, 0) is 16.1 Å². The van der Waals surface area contributed by atoms with E-state index < -0.39 is 11.5 Å². The Morgan fingerprint density at radius 3 is 2.72 bits per heavy atom. The average molecular weight is 362 g/mol. The summed E-state index contributed by atoms with van der Waals surface area (Å²) in [5.41, 5.74) is 0.193. The minimum atomic E-state index is -1.07. The van der Waals surface area contributed by atoms with Crippen molar-refractivity contribution in [2.75, 3.05) is 7.11 Å². The van der Waals surface area contributed by atoms with Crippen LogP contribution in [0, 0.1) is 6.92 Å². The van der Waals surface area contributed by atoms with Gasteiger partial charge < -0.3 is 14.8 Å². The monoisotopic (exact) mass is 362 g/mol. The van der Waals surface area contributed by atoms with Crippen LogP contribution in [0.1, 0.15) is 41.3 Å². The number of amides is 1. The maximum atomic E-state index is 12.5. The number of aromatic nitrogens is 1. The zero-order valence-electron chi connectivity index (χ0n) is 14.8. The highest BCUT2D eigenvalue weighted by Gasteiger charge is 2.34. The summed E-state index contributed by atoms with van der Waals surface area (Å²) < 4.78 is 10.5. The van der Waals surface area contributed by atoms with Crippen LogP contribution in [0.4, 0.5) is 0 Å². The number of nitrogens with zero attached hydrogens (tertiary/aromatic N) is 1. The molecule has 0 bridgehead atoms. The lowest BCUT2D eigenvalue weighted by molar-refractivity contribution is -0.147. The summed E-state index contributed by atoms with van der Waals surface area (Å²) in [6.07, 6.45) is 0.421. The molecule has 0 saturated carbocycles. The Labute approximate surface area is 151 Å². The first-order chi connectivity index (χ1) is 11.9. The fraction of sp³-hybridized carbons (Fsp3) is 0.389. The van der Waals surface area contributed by atoms with E-state index in [1.54, 1.807) is 42.5 Å². The number of aryl methyl sites for hydroxylation is 1. The Bertz CT molecular complexity index is 759. The van der Waals surface area contributed by atoms with E-state index in [1.165, 1.54) is 7.11 Å². The van der Waals surface area contributed by atoms with Gasteiger partial charge in [0.15, 0.2) is 0 Å². The Kier molecular flexibility index (Phi) is 6.14. The summed E-state index contributed by atoms with van der Waals surface area (Å²) in [7, 11) is 1.30. The van der Waals surface area contributed by atoms with Crippen LogP contribution in [0.15, 0.2) is 29.6 Å². The molecule has 0 aliphatic heterocycles. The summed E-state index contributed by atoms with van der Waals surface area (Å²) in [6, 6.07) is 6.82. The Morgan fingerprint density at radius 1 is 1.36 bits per heavy atom. The normalized spacial score (nSPS) is 13.0. The molecule has 1 aromatic carbocycles. The molecule has 1 aromatic heterocycles. The van der Waals surface area contributed by atoms with Crippen molar-refractivity contribution in [3.8, 4) is 5.75 Å². The smallest absolute Gasteiger partial charge is 0.331 e. The van der Waals surface area contributed by atoms with E-state index in [-0.39, 0.29) is 5.91 Å².